The fourth-order valence-electron chi connectivity index (χ4n) is 1.39. The number of aryl methyl sites for hydroxylation is 1. The Morgan fingerprint density at radius 3 is 2.71 bits per heavy atom. The molecule has 14 heavy (non-hydrogen) atoms. The van der Waals surface area contributed by atoms with Gasteiger partial charge in [0, 0.05) is 18.8 Å². The van der Waals surface area contributed by atoms with Crippen LogP contribution in [0.5, 0.6) is 0 Å². The standard InChI is InChI=1S/C10H9NO2.Na/c1-11-5-4-7-2-3-8(10(12)13)6-9(7)11;/h2-6H,1H3,(H,12,13);/q;+1/p-1. The quantitative estimate of drug-likeness (QED) is 0.476. The molecule has 1 aromatic carbocycles. The second-order valence-electron chi connectivity index (χ2n) is 2.99. The van der Waals surface area contributed by atoms with Gasteiger partial charge in [-0.2, -0.15) is 0 Å². The molecule has 2 aromatic rings. The molecule has 0 amide bonds. The van der Waals surface area contributed by atoms with Crippen LogP contribution >= 0.6 is 0 Å². The zero-order valence-corrected chi connectivity index (χ0v) is 10.2. The van der Waals surface area contributed by atoms with Crippen LogP contribution in [0.3, 0.4) is 0 Å². The molecule has 0 N–H and O–H groups in total. The Labute approximate surface area is 104 Å². The number of rotatable bonds is 1. The van der Waals surface area contributed by atoms with Crippen molar-refractivity contribution in [3.63, 3.8) is 0 Å². The number of aromatic carboxylic acids is 1. The first-order valence-corrected chi connectivity index (χ1v) is 3.95. The first-order valence-electron chi connectivity index (χ1n) is 3.95. The summed E-state index contributed by atoms with van der Waals surface area (Å²) < 4.78 is 1.88. The zero-order valence-electron chi connectivity index (χ0n) is 8.15. The summed E-state index contributed by atoms with van der Waals surface area (Å²) in [6.07, 6.45) is 1.89. The van der Waals surface area contributed by atoms with Crippen molar-refractivity contribution >= 4 is 16.9 Å². The van der Waals surface area contributed by atoms with E-state index >= 15 is 0 Å². The van der Waals surface area contributed by atoms with Crippen LogP contribution in [0.4, 0.5) is 0 Å². The van der Waals surface area contributed by atoms with Crippen molar-refractivity contribution in [2.24, 2.45) is 7.05 Å². The van der Waals surface area contributed by atoms with Gasteiger partial charge in [0.2, 0.25) is 0 Å². The maximum absolute atomic E-state index is 10.6. The Hall–Kier alpha value is -0.770. The van der Waals surface area contributed by atoms with Crippen molar-refractivity contribution in [3.05, 3.63) is 36.0 Å². The zero-order chi connectivity index (χ0) is 9.42. The first kappa shape index (κ1) is 11.3. The number of benzene rings is 1. The second kappa shape index (κ2) is 4.17. The summed E-state index contributed by atoms with van der Waals surface area (Å²) in [5.41, 5.74) is 1.12. The number of nitrogens with zero attached hydrogens (tertiary/aromatic N) is 1. The first-order chi connectivity index (χ1) is 6.18. The third-order valence-corrected chi connectivity index (χ3v) is 2.12. The third kappa shape index (κ3) is 1.85. The Morgan fingerprint density at radius 1 is 1.36 bits per heavy atom. The van der Waals surface area contributed by atoms with Crippen LogP contribution in [0.2, 0.25) is 0 Å². The Morgan fingerprint density at radius 2 is 2.07 bits per heavy atom. The van der Waals surface area contributed by atoms with E-state index in [1.165, 1.54) is 0 Å². The number of carbonyl (C=O) groups is 1. The van der Waals surface area contributed by atoms with E-state index in [2.05, 4.69) is 0 Å². The number of aromatic nitrogens is 1. The van der Waals surface area contributed by atoms with Gasteiger partial charge in [0.05, 0.1) is 5.97 Å². The van der Waals surface area contributed by atoms with Crippen LogP contribution in [0.1, 0.15) is 10.4 Å². The van der Waals surface area contributed by atoms with Crippen LogP contribution in [0.25, 0.3) is 10.9 Å². The molecule has 1 heterocycles. The van der Waals surface area contributed by atoms with Gasteiger partial charge in [-0.1, -0.05) is 12.1 Å². The van der Waals surface area contributed by atoms with E-state index < -0.39 is 5.97 Å². The molecular weight excluding hydrogens is 189 g/mol. The number of hydrogen-bond acceptors (Lipinski definition) is 2. The molecule has 0 fully saturated rings. The van der Waals surface area contributed by atoms with E-state index in [1.54, 1.807) is 18.2 Å². The maximum atomic E-state index is 10.6. The average molecular weight is 197 g/mol. The van der Waals surface area contributed by atoms with Gasteiger partial charge in [-0.25, -0.2) is 0 Å². The van der Waals surface area contributed by atoms with Crippen molar-refractivity contribution in [3.8, 4) is 0 Å². The predicted molar refractivity (Wildman–Crippen MR) is 47.2 cm³/mol. The summed E-state index contributed by atoms with van der Waals surface area (Å²) in [4.78, 5) is 10.6. The van der Waals surface area contributed by atoms with Gasteiger partial charge in [0.15, 0.2) is 0 Å². The largest absolute Gasteiger partial charge is 1.00 e. The van der Waals surface area contributed by atoms with Gasteiger partial charge >= 0.3 is 29.6 Å². The Bertz CT molecular complexity index is 476. The minimum absolute atomic E-state index is 0. The van der Waals surface area contributed by atoms with E-state index in [0.717, 1.165) is 10.9 Å². The SMILES string of the molecule is Cn1ccc2ccc(C(=O)[O-])cc21.[Na+]. The van der Waals surface area contributed by atoms with Gasteiger partial charge in [0.1, 0.15) is 0 Å². The summed E-state index contributed by atoms with van der Waals surface area (Å²) in [5.74, 6) is -1.14. The number of carboxylic acid groups (broad SMARTS) is 1. The van der Waals surface area contributed by atoms with Gasteiger partial charge in [-0.15, -0.1) is 0 Å². The number of carbonyl (C=O) groups excluding carboxylic acids is 1. The van der Waals surface area contributed by atoms with Crippen molar-refractivity contribution in [2.75, 3.05) is 0 Å². The van der Waals surface area contributed by atoms with Crippen molar-refractivity contribution < 1.29 is 39.5 Å². The topological polar surface area (TPSA) is 45.1 Å². The van der Waals surface area contributed by atoms with E-state index in [9.17, 15) is 9.90 Å². The molecule has 1 aromatic heterocycles. The number of carboxylic acids is 1. The van der Waals surface area contributed by atoms with Crippen molar-refractivity contribution in [1.82, 2.24) is 4.57 Å². The third-order valence-electron chi connectivity index (χ3n) is 2.12. The predicted octanol–water partition coefficient (Wildman–Crippen LogP) is -2.45. The molecule has 0 aliphatic rings. The normalized spacial score (nSPS) is 9.79. The summed E-state index contributed by atoms with van der Waals surface area (Å²) in [5, 5.41) is 11.6. The van der Waals surface area contributed by atoms with Crippen molar-refractivity contribution in [2.45, 2.75) is 0 Å². The number of fused-ring (bicyclic) bond motifs is 1. The Kier molecular flexibility index (Phi) is 3.37. The summed E-state index contributed by atoms with van der Waals surface area (Å²) >= 11 is 0. The Balaban J connectivity index is 0.000000980. The molecule has 66 valence electrons. The summed E-state index contributed by atoms with van der Waals surface area (Å²) in [7, 11) is 1.88. The van der Waals surface area contributed by atoms with Crippen molar-refractivity contribution in [1.29, 1.82) is 0 Å². The monoisotopic (exact) mass is 197 g/mol. The van der Waals surface area contributed by atoms with Crippen LogP contribution < -0.4 is 34.7 Å². The maximum Gasteiger partial charge on any atom is 1.00 e. The van der Waals surface area contributed by atoms with E-state index in [1.807, 2.05) is 23.9 Å². The van der Waals surface area contributed by atoms with Crippen LogP contribution in [0, 0.1) is 0 Å². The molecular formula is C10H8NNaO2. The molecule has 0 atom stereocenters. The van der Waals surface area contributed by atoms with E-state index in [-0.39, 0.29) is 35.1 Å². The number of hydrogen-bond donors (Lipinski definition) is 0. The molecule has 0 aliphatic carbocycles. The van der Waals surface area contributed by atoms with Gasteiger partial charge in [-0.05, 0) is 23.1 Å². The van der Waals surface area contributed by atoms with Crippen LogP contribution in [-0.4, -0.2) is 10.5 Å². The average Bonchev–Trinajstić information content (AvgIpc) is 2.47. The molecule has 4 heteroatoms. The molecule has 0 bridgehead atoms. The molecule has 0 saturated carbocycles. The molecule has 0 saturated heterocycles. The fraction of sp³-hybridized carbons (Fsp3) is 0.100. The molecule has 0 radical (unpaired) electrons. The molecule has 2 rings (SSSR count). The minimum Gasteiger partial charge on any atom is -0.545 e. The second-order valence-corrected chi connectivity index (χ2v) is 2.99. The molecule has 0 aliphatic heterocycles. The van der Waals surface area contributed by atoms with E-state index in [0.29, 0.717) is 0 Å². The summed E-state index contributed by atoms with van der Waals surface area (Å²) in [6.45, 7) is 0. The van der Waals surface area contributed by atoms with Gasteiger partial charge in [-0.3, -0.25) is 0 Å². The van der Waals surface area contributed by atoms with Gasteiger partial charge < -0.3 is 14.5 Å². The van der Waals surface area contributed by atoms with Crippen LogP contribution in [-0.2, 0) is 7.05 Å². The van der Waals surface area contributed by atoms with Crippen LogP contribution in [0.15, 0.2) is 30.5 Å². The molecule has 3 nitrogen and oxygen atoms in total. The molecule has 0 unspecified atom stereocenters. The molecule has 0 spiro atoms. The summed E-state index contributed by atoms with van der Waals surface area (Å²) in [6, 6.07) is 6.89. The fourth-order valence-corrected chi connectivity index (χ4v) is 1.39. The minimum atomic E-state index is -1.14. The van der Waals surface area contributed by atoms with Gasteiger partial charge in [0.25, 0.3) is 0 Å². The van der Waals surface area contributed by atoms with E-state index in [4.69, 9.17) is 0 Å². The smallest absolute Gasteiger partial charge is 0.545 e.